The molecule has 7 nitrogen and oxygen atoms in total. The number of hydrogen-bond acceptors (Lipinski definition) is 5. The fourth-order valence-corrected chi connectivity index (χ4v) is 3.58. The van der Waals surface area contributed by atoms with Crippen LogP contribution in [0.15, 0.2) is 10.4 Å². The number of aryl methyl sites for hydroxylation is 1. The lowest BCUT2D eigenvalue weighted by atomic mass is 10.2. The van der Waals surface area contributed by atoms with Gasteiger partial charge in [0, 0.05) is 18.5 Å². The first-order chi connectivity index (χ1) is 12.8. The highest BCUT2D eigenvalue weighted by Crippen LogP contribution is 2.29. The Morgan fingerprint density at radius 1 is 1.33 bits per heavy atom. The SMILES string of the molecule is Cc1nnc(CN=C(NCc2nc(C(F)(F)F)cs2)NC2CCCC2)n1C. The molecule has 148 valence electrons. The van der Waals surface area contributed by atoms with Crippen LogP contribution in [0.4, 0.5) is 13.2 Å². The molecule has 11 heteroatoms. The van der Waals surface area contributed by atoms with Crippen molar-refractivity contribution >= 4 is 17.3 Å². The highest BCUT2D eigenvalue weighted by atomic mass is 32.1. The van der Waals surface area contributed by atoms with Gasteiger partial charge in [-0.05, 0) is 19.8 Å². The van der Waals surface area contributed by atoms with Crippen LogP contribution in [0.2, 0.25) is 0 Å². The van der Waals surface area contributed by atoms with Gasteiger partial charge in [-0.1, -0.05) is 12.8 Å². The van der Waals surface area contributed by atoms with E-state index >= 15 is 0 Å². The Morgan fingerprint density at radius 2 is 2.07 bits per heavy atom. The number of aromatic nitrogens is 4. The number of nitrogens with zero attached hydrogens (tertiary/aromatic N) is 5. The molecule has 2 aromatic heterocycles. The van der Waals surface area contributed by atoms with Crippen LogP contribution in [-0.4, -0.2) is 31.7 Å². The molecule has 2 N–H and O–H groups in total. The molecule has 0 aliphatic heterocycles. The van der Waals surface area contributed by atoms with E-state index in [4.69, 9.17) is 0 Å². The Bertz CT molecular complexity index is 790. The molecule has 27 heavy (non-hydrogen) atoms. The number of guanidine groups is 1. The number of halogens is 3. The van der Waals surface area contributed by atoms with Crippen molar-refractivity contribution in [3.8, 4) is 0 Å². The van der Waals surface area contributed by atoms with E-state index in [1.54, 1.807) is 0 Å². The molecule has 3 rings (SSSR count). The molecule has 1 fully saturated rings. The smallest absolute Gasteiger partial charge is 0.354 e. The lowest BCUT2D eigenvalue weighted by molar-refractivity contribution is -0.140. The van der Waals surface area contributed by atoms with Gasteiger partial charge in [0.1, 0.15) is 17.4 Å². The Kier molecular flexibility index (Phi) is 5.98. The Labute approximate surface area is 159 Å². The topological polar surface area (TPSA) is 80.0 Å². The molecule has 0 aromatic carbocycles. The van der Waals surface area contributed by atoms with Crippen LogP contribution < -0.4 is 10.6 Å². The molecular weight excluding hydrogens is 379 g/mol. The standard InChI is InChI=1S/C16H22F3N7S/c1-10-24-25-13(26(10)2)7-20-15(22-11-5-3-4-6-11)21-8-14-23-12(9-27-14)16(17,18)19/h9,11H,3-8H2,1-2H3,(H2,20,21,22). The molecule has 2 heterocycles. The quantitative estimate of drug-likeness (QED) is 0.595. The highest BCUT2D eigenvalue weighted by Gasteiger charge is 2.33. The van der Waals surface area contributed by atoms with Crippen molar-refractivity contribution in [3.63, 3.8) is 0 Å². The van der Waals surface area contributed by atoms with Gasteiger partial charge in [0.05, 0.1) is 6.54 Å². The summed E-state index contributed by atoms with van der Waals surface area (Å²) in [5, 5.41) is 15.9. The number of alkyl halides is 3. The van der Waals surface area contributed by atoms with Gasteiger partial charge in [-0.2, -0.15) is 13.2 Å². The van der Waals surface area contributed by atoms with Crippen LogP contribution in [0.25, 0.3) is 0 Å². The summed E-state index contributed by atoms with van der Waals surface area (Å²) < 4.78 is 39.9. The Balaban J connectivity index is 1.66. The molecule has 0 radical (unpaired) electrons. The predicted molar refractivity (Wildman–Crippen MR) is 96.2 cm³/mol. The maximum Gasteiger partial charge on any atom is 0.434 e. The molecule has 0 unspecified atom stereocenters. The summed E-state index contributed by atoms with van der Waals surface area (Å²) in [5.41, 5.74) is -0.860. The van der Waals surface area contributed by atoms with E-state index in [2.05, 4.69) is 30.8 Å². The van der Waals surface area contributed by atoms with E-state index in [-0.39, 0.29) is 6.54 Å². The zero-order chi connectivity index (χ0) is 19.4. The molecule has 0 atom stereocenters. The lowest BCUT2D eigenvalue weighted by Gasteiger charge is -2.17. The highest BCUT2D eigenvalue weighted by molar-refractivity contribution is 7.09. The first-order valence-electron chi connectivity index (χ1n) is 8.74. The van der Waals surface area contributed by atoms with Gasteiger partial charge in [0.25, 0.3) is 0 Å². The van der Waals surface area contributed by atoms with E-state index < -0.39 is 11.9 Å². The van der Waals surface area contributed by atoms with Gasteiger partial charge < -0.3 is 15.2 Å². The third-order valence-electron chi connectivity index (χ3n) is 4.51. The molecule has 0 amide bonds. The summed E-state index contributed by atoms with van der Waals surface area (Å²) in [5.74, 6) is 2.06. The molecule has 1 saturated carbocycles. The third-order valence-corrected chi connectivity index (χ3v) is 5.36. The minimum absolute atomic E-state index is 0.178. The minimum atomic E-state index is -4.42. The molecule has 1 aliphatic rings. The largest absolute Gasteiger partial charge is 0.434 e. The summed E-state index contributed by atoms with van der Waals surface area (Å²) in [6, 6.07) is 0.319. The van der Waals surface area contributed by atoms with Gasteiger partial charge >= 0.3 is 6.18 Å². The van der Waals surface area contributed by atoms with Crippen molar-refractivity contribution in [2.24, 2.45) is 12.0 Å². The normalized spacial score (nSPS) is 16.1. The number of rotatable bonds is 5. The number of nitrogens with one attached hydrogen (secondary N) is 2. The number of hydrogen-bond donors (Lipinski definition) is 2. The van der Waals surface area contributed by atoms with Gasteiger partial charge in [-0.15, -0.1) is 21.5 Å². The van der Waals surface area contributed by atoms with Gasteiger partial charge in [-0.25, -0.2) is 9.98 Å². The zero-order valence-electron chi connectivity index (χ0n) is 15.2. The summed E-state index contributed by atoms with van der Waals surface area (Å²) in [7, 11) is 1.87. The molecule has 1 aliphatic carbocycles. The first-order valence-corrected chi connectivity index (χ1v) is 9.62. The summed E-state index contributed by atoms with van der Waals surface area (Å²) in [6.45, 7) is 2.36. The van der Waals surface area contributed by atoms with E-state index in [1.807, 2.05) is 18.5 Å². The average molecular weight is 401 g/mol. The van der Waals surface area contributed by atoms with E-state index in [9.17, 15) is 13.2 Å². The van der Waals surface area contributed by atoms with Crippen LogP contribution in [-0.2, 0) is 26.3 Å². The second-order valence-electron chi connectivity index (χ2n) is 6.49. The molecule has 0 spiro atoms. The fraction of sp³-hybridized carbons (Fsp3) is 0.625. The van der Waals surface area contributed by atoms with E-state index in [0.29, 0.717) is 29.4 Å². The van der Waals surface area contributed by atoms with Gasteiger partial charge in [0.2, 0.25) is 0 Å². The van der Waals surface area contributed by atoms with Crippen molar-refractivity contribution in [1.29, 1.82) is 0 Å². The first kappa shape index (κ1) is 19.6. The van der Waals surface area contributed by atoms with E-state index in [1.165, 1.54) is 0 Å². The van der Waals surface area contributed by atoms with Crippen LogP contribution in [0.5, 0.6) is 0 Å². The minimum Gasteiger partial charge on any atom is -0.354 e. The predicted octanol–water partition coefficient (Wildman–Crippen LogP) is 2.78. The van der Waals surface area contributed by atoms with Crippen LogP contribution in [0.3, 0.4) is 0 Å². The van der Waals surface area contributed by atoms with E-state index in [0.717, 1.165) is 48.2 Å². The van der Waals surface area contributed by atoms with Crippen molar-refractivity contribution in [2.45, 2.75) is 57.9 Å². The third kappa shape index (κ3) is 5.18. The molecular formula is C16H22F3N7S. The second-order valence-corrected chi connectivity index (χ2v) is 7.43. The van der Waals surface area contributed by atoms with Crippen molar-refractivity contribution in [2.75, 3.05) is 0 Å². The second kappa shape index (κ2) is 8.24. The van der Waals surface area contributed by atoms with Gasteiger partial charge in [-0.3, -0.25) is 0 Å². The molecule has 0 saturated heterocycles. The molecule has 2 aromatic rings. The van der Waals surface area contributed by atoms with Crippen LogP contribution >= 0.6 is 11.3 Å². The van der Waals surface area contributed by atoms with Crippen molar-refractivity contribution in [1.82, 2.24) is 30.4 Å². The summed E-state index contributed by atoms with van der Waals surface area (Å²) >= 11 is 0.979. The van der Waals surface area contributed by atoms with Crippen LogP contribution in [0, 0.1) is 6.92 Å². The fourth-order valence-electron chi connectivity index (χ4n) is 2.84. The van der Waals surface area contributed by atoms with Crippen LogP contribution in [0.1, 0.15) is 48.0 Å². The maximum absolute atomic E-state index is 12.7. The number of aliphatic imine (C=N–C) groups is 1. The Hall–Kier alpha value is -2.17. The lowest BCUT2D eigenvalue weighted by Crippen LogP contribution is -2.42. The average Bonchev–Trinajstić information content (AvgIpc) is 3.34. The van der Waals surface area contributed by atoms with Gasteiger partial charge in [0.15, 0.2) is 17.5 Å². The number of thiazole rings is 1. The summed E-state index contributed by atoms with van der Waals surface area (Å²) in [6.07, 6.45) is 0.0129. The summed E-state index contributed by atoms with van der Waals surface area (Å²) in [4.78, 5) is 8.17. The maximum atomic E-state index is 12.7. The van der Waals surface area contributed by atoms with Crippen molar-refractivity contribution in [3.05, 3.63) is 27.7 Å². The zero-order valence-corrected chi connectivity index (χ0v) is 16.0. The molecule has 0 bridgehead atoms. The monoisotopic (exact) mass is 401 g/mol. The Morgan fingerprint density at radius 3 is 2.67 bits per heavy atom. The van der Waals surface area contributed by atoms with Crippen molar-refractivity contribution < 1.29 is 13.2 Å².